The van der Waals surface area contributed by atoms with Crippen molar-refractivity contribution in [1.82, 2.24) is 10.7 Å². The number of nitrogens with two attached hydrogens (primary N) is 1. The van der Waals surface area contributed by atoms with E-state index < -0.39 is 11.6 Å². The van der Waals surface area contributed by atoms with Gasteiger partial charge in [0, 0.05) is 19.2 Å². The summed E-state index contributed by atoms with van der Waals surface area (Å²) in [4.78, 5) is 3.73. The molecule has 0 aliphatic heterocycles. The van der Waals surface area contributed by atoms with Gasteiger partial charge in [0.2, 0.25) is 5.96 Å². The molecule has 0 bridgehead atoms. The number of aliphatic imine (C=N–C) groups is 1. The summed E-state index contributed by atoms with van der Waals surface area (Å²) in [6.07, 6.45) is 0. The Labute approximate surface area is 86.2 Å². The van der Waals surface area contributed by atoms with Crippen LogP contribution in [-0.4, -0.2) is 13.0 Å². The minimum absolute atomic E-state index is 0.112. The standard InChI is InChI=1S/C9H12F2N4/c1-13-9(15-12)14-5-6-4-7(10)2-3-8(6)11/h2-4H,5,12H2,1H3,(H2,13,14,15). The van der Waals surface area contributed by atoms with E-state index in [9.17, 15) is 8.78 Å². The third kappa shape index (κ3) is 3.17. The van der Waals surface area contributed by atoms with E-state index in [1.54, 1.807) is 0 Å². The van der Waals surface area contributed by atoms with E-state index in [2.05, 4.69) is 15.7 Å². The summed E-state index contributed by atoms with van der Waals surface area (Å²) in [6.45, 7) is 0.112. The maximum Gasteiger partial charge on any atom is 0.205 e. The molecule has 0 saturated carbocycles. The first kappa shape index (κ1) is 11.4. The molecule has 4 N–H and O–H groups in total. The SMILES string of the molecule is CN=C(NN)NCc1cc(F)ccc1F. The molecule has 1 aromatic carbocycles. The van der Waals surface area contributed by atoms with Gasteiger partial charge in [-0.3, -0.25) is 10.4 Å². The Hall–Kier alpha value is -1.69. The van der Waals surface area contributed by atoms with Crippen molar-refractivity contribution in [2.24, 2.45) is 10.8 Å². The van der Waals surface area contributed by atoms with Gasteiger partial charge in [-0.25, -0.2) is 14.6 Å². The lowest BCUT2D eigenvalue weighted by Gasteiger charge is -2.08. The van der Waals surface area contributed by atoms with Crippen LogP contribution in [0.1, 0.15) is 5.56 Å². The maximum absolute atomic E-state index is 13.1. The summed E-state index contributed by atoms with van der Waals surface area (Å²) < 4.78 is 25.9. The van der Waals surface area contributed by atoms with Crippen LogP contribution in [0, 0.1) is 11.6 Å². The van der Waals surface area contributed by atoms with Gasteiger partial charge in [0.05, 0.1) is 0 Å². The molecule has 6 heteroatoms. The number of hydrogen-bond acceptors (Lipinski definition) is 2. The van der Waals surface area contributed by atoms with Crippen molar-refractivity contribution in [1.29, 1.82) is 0 Å². The first-order chi connectivity index (χ1) is 7.17. The molecule has 0 aliphatic carbocycles. The van der Waals surface area contributed by atoms with E-state index in [4.69, 9.17) is 5.84 Å². The molecule has 82 valence electrons. The Kier molecular flexibility index (Phi) is 3.99. The first-order valence-electron chi connectivity index (χ1n) is 4.28. The fourth-order valence-electron chi connectivity index (χ4n) is 1.05. The van der Waals surface area contributed by atoms with Crippen molar-refractivity contribution >= 4 is 5.96 Å². The molecule has 0 heterocycles. The predicted molar refractivity (Wildman–Crippen MR) is 53.9 cm³/mol. The minimum Gasteiger partial charge on any atom is -0.351 e. The summed E-state index contributed by atoms with van der Waals surface area (Å²) >= 11 is 0. The zero-order valence-corrected chi connectivity index (χ0v) is 8.22. The van der Waals surface area contributed by atoms with Gasteiger partial charge < -0.3 is 5.32 Å². The van der Waals surface area contributed by atoms with Crippen LogP contribution >= 0.6 is 0 Å². The monoisotopic (exact) mass is 214 g/mol. The summed E-state index contributed by atoms with van der Waals surface area (Å²) in [5.41, 5.74) is 2.49. The molecule has 0 unspecified atom stereocenters. The second kappa shape index (κ2) is 5.26. The van der Waals surface area contributed by atoms with Gasteiger partial charge in [0.1, 0.15) is 11.6 Å². The minimum atomic E-state index is -0.483. The van der Waals surface area contributed by atoms with Crippen LogP contribution < -0.4 is 16.6 Å². The summed E-state index contributed by atoms with van der Waals surface area (Å²) in [5.74, 6) is 4.45. The highest BCUT2D eigenvalue weighted by molar-refractivity contribution is 5.78. The highest BCUT2D eigenvalue weighted by Gasteiger charge is 2.04. The third-order valence-corrected chi connectivity index (χ3v) is 1.81. The van der Waals surface area contributed by atoms with E-state index in [0.29, 0.717) is 5.96 Å². The second-order valence-corrected chi connectivity index (χ2v) is 2.81. The zero-order valence-electron chi connectivity index (χ0n) is 8.22. The van der Waals surface area contributed by atoms with Gasteiger partial charge in [-0.2, -0.15) is 0 Å². The summed E-state index contributed by atoms with van der Waals surface area (Å²) in [6, 6.07) is 3.26. The maximum atomic E-state index is 13.1. The van der Waals surface area contributed by atoms with E-state index >= 15 is 0 Å². The Bertz CT molecular complexity index is 365. The Morgan fingerprint density at radius 1 is 1.47 bits per heavy atom. The predicted octanol–water partition coefficient (Wildman–Crippen LogP) is 0.503. The lowest BCUT2D eigenvalue weighted by molar-refractivity contribution is 0.581. The molecule has 0 saturated heterocycles. The van der Waals surface area contributed by atoms with Crippen molar-refractivity contribution in [3.8, 4) is 0 Å². The molecule has 0 atom stereocenters. The Balaban J connectivity index is 2.68. The van der Waals surface area contributed by atoms with E-state index in [0.717, 1.165) is 18.2 Å². The fraction of sp³-hybridized carbons (Fsp3) is 0.222. The van der Waals surface area contributed by atoms with E-state index in [1.807, 2.05) is 0 Å². The molecular formula is C9H12F2N4. The van der Waals surface area contributed by atoms with Gasteiger partial charge in [-0.05, 0) is 18.2 Å². The number of benzene rings is 1. The lowest BCUT2D eigenvalue weighted by atomic mass is 10.2. The number of guanidine groups is 1. The molecule has 0 aliphatic rings. The molecule has 4 nitrogen and oxygen atoms in total. The molecule has 1 rings (SSSR count). The van der Waals surface area contributed by atoms with Gasteiger partial charge in [-0.15, -0.1) is 0 Å². The smallest absolute Gasteiger partial charge is 0.205 e. The lowest BCUT2D eigenvalue weighted by Crippen LogP contribution is -2.41. The van der Waals surface area contributed by atoms with Gasteiger partial charge >= 0.3 is 0 Å². The molecule has 15 heavy (non-hydrogen) atoms. The van der Waals surface area contributed by atoms with Crippen LogP contribution in [0.25, 0.3) is 0 Å². The number of halogens is 2. The molecule has 1 aromatic rings. The third-order valence-electron chi connectivity index (χ3n) is 1.81. The molecule has 0 aromatic heterocycles. The zero-order chi connectivity index (χ0) is 11.3. The number of nitrogens with zero attached hydrogens (tertiary/aromatic N) is 1. The largest absolute Gasteiger partial charge is 0.351 e. The summed E-state index contributed by atoms with van der Waals surface area (Å²) in [5, 5.41) is 2.71. The van der Waals surface area contributed by atoms with Gasteiger partial charge in [0.25, 0.3) is 0 Å². The molecule has 0 spiro atoms. The fourth-order valence-corrected chi connectivity index (χ4v) is 1.05. The molecule has 0 amide bonds. The van der Waals surface area contributed by atoms with Crippen molar-refractivity contribution in [2.45, 2.75) is 6.54 Å². The molecular weight excluding hydrogens is 202 g/mol. The normalized spacial score (nSPS) is 11.3. The topological polar surface area (TPSA) is 62.4 Å². The quantitative estimate of drug-likeness (QED) is 0.291. The molecule has 0 radical (unpaired) electrons. The average molecular weight is 214 g/mol. The average Bonchev–Trinajstić information content (AvgIpc) is 2.24. The first-order valence-corrected chi connectivity index (χ1v) is 4.28. The number of nitrogens with one attached hydrogen (secondary N) is 2. The molecule has 0 fully saturated rings. The summed E-state index contributed by atoms with van der Waals surface area (Å²) in [7, 11) is 1.52. The number of hydrogen-bond donors (Lipinski definition) is 3. The Morgan fingerprint density at radius 3 is 2.80 bits per heavy atom. The van der Waals surface area contributed by atoms with E-state index in [1.165, 1.54) is 7.05 Å². The Morgan fingerprint density at radius 2 is 2.20 bits per heavy atom. The van der Waals surface area contributed by atoms with Gasteiger partial charge in [0.15, 0.2) is 0 Å². The van der Waals surface area contributed by atoms with Crippen LogP contribution in [0.3, 0.4) is 0 Å². The highest BCUT2D eigenvalue weighted by Crippen LogP contribution is 2.08. The van der Waals surface area contributed by atoms with Crippen molar-refractivity contribution in [2.75, 3.05) is 7.05 Å². The van der Waals surface area contributed by atoms with Crippen LogP contribution in [0.15, 0.2) is 23.2 Å². The van der Waals surface area contributed by atoms with Crippen LogP contribution in [0.4, 0.5) is 8.78 Å². The van der Waals surface area contributed by atoms with E-state index in [-0.39, 0.29) is 12.1 Å². The number of rotatable bonds is 2. The second-order valence-electron chi connectivity index (χ2n) is 2.81. The highest BCUT2D eigenvalue weighted by atomic mass is 19.1. The van der Waals surface area contributed by atoms with Crippen LogP contribution in [-0.2, 0) is 6.54 Å². The number of hydrazine groups is 1. The van der Waals surface area contributed by atoms with Crippen LogP contribution in [0.5, 0.6) is 0 Å². The van der Waals surface area contributed by atoms with Crippen molar-refractivity contribution < 1.29 is 8.78 Å². The van der Waals surface area contributed by atoms with Crippen molar-refractivity contribution in [3.63, 3.8) is 0 Å². The van der Waals surface area contributed by atoms with Crippen molar-refractivity contribution in [3.05, 3.63) is 35.4 Å². The van der Waals surface area contributed by atoms with Crippen LogP contribution in [0.2, 0.25) is 0 Å². The van der Waals surface area contributed by atoms with Gasteiger partial charge in [-0.1, -0.05) is 0 Å².